The van der Waals surface area contributed by atoms with E-state index in [-0.39, 0.29) is 15.0 Å². The topological polar surface area (TPSA) is 75.3 Å². The summed E-state index contributed by atoms with van der Waals surface area (Å²) in [5.74, 6) is 2.81. The summed E-state index contributed by atoms with van der Waals surface area (Å²) in [6, 6.07) is 30.4. The average Bonchev–Trinajstić information content (AvgIpc) is 2.91. The van der Waals surface area contributed by atoms with E-state index in [2.05, 4.69) is 9.81 Å². The zero-order valence-corrected chi connectivity index (χ0v) is 23.7. The molecule has 0 spiro atoms. The van der Waals surface area contributed by atoms with Crippen LogP contribution in [0.3, 0.4) is 0 Å². The Morgan fingerprint density at radius 1 is 0.684 bits per heavy atom. The highest BCUT2D eigenvalue weighted by molar-refractivity contribution is 7.92. The van der Waals surface area contributed by atoms with E-state index in [9.17, 15) is 13.0 Å². The van der Waals surface area contributed by atoms with Gasteiger partial charge in [0.25, 0.3) is 10.0 Å². The predicted molar refractivity (Wildman–Crippen MR) is 160 cm³/mol. The van der Waals surface area contributed by atoms with Crippen molar-refractivity contribution in [1.29, 1.82) is 0 Å². The van der Waals surface area contributed by atoms with Crippen molar-refractivity contribution >= 4 is 73.6 Å². The molecule has 0 aliphatic heterocycles. The SMILES string of the molecule is O=P(/C=C(\Cl)c1ccccc1)(/C=C(\Cl)c1ccccc1)Nc1cccc(S(=O)(=O)Nc2ccc(Cl)cc2)c1. The smallest absolute Gasteiger partial charge is 0.261 e. The minimum absolute atomic E-state index is 0.0275. The van der Waals surface area contributed by atoms with E-state index in [1.807, 2.05) is 36.4 Å². The van der Waals surface area contributed by atoms with E-state index in [1.165, 1.54) is 23.8 Å². The minimum atomic E-state index is -3.94. The number of rotatable bonds is 9. The van der Waals surface area contributed by atoms with Crippen molar-refractivity contribution in [3.05, 3.63) is 137 Å². The van der Waals surface area contributed by atoms with Crippen LogP contribution < -0.4 is 9.81 Å². The molecule has 0 saturated carbocycles. The fourth-order valence-electron chi connectivity index (χ4n) is 3.45. The summed E-state index contributed by atoms with van der Waals surface area (Å²) in [4.78, 5) is -0.0275. The van der Waals surface area contributed by atoms with Crippen molar-refractivity contribution in [2.24, 2.45) is 0 Å². The van der Waals surface area contributed by atoms with Crippen LogP contribution in [0, 0.1) is 0 Å². The van der Waals surface area contributed by atoms with Gasteiger partial charge in [0.05, 0.1) is 15.0 Å². The fraction of sp³-hybridized carbons (Fsp3) is 0. The Balaban J connectivity index is 1.70. The lowest BCUT2D eigenvalue weighted by molar-refractivity contribution is 0.589. The molecule has 0 heterocycles. The van der Waals surface area contributed by atoms with Crippen molar-refractivity contribution in [1.82, 2.24) is 0 Å². The molecule has 4 rings (SSSR count). The van der Waals surface area contributed by atoms with Gasteiger partial charge in [0, 0.05) is 28.0 Å². The Morgan fingerprint density at radius 2 is 1.21 bits per heavy atom. The molecule has 0 aliphatic carbocycles. The highest BCUT2D eigenvalue weighted by Gasteiger charge is 2.21. The monoisotopic (exact) mass is 602 g/mol. The summed E-state index contributed by atoms with van der Waals surface area (Å²) in [6.45, 7) is 0. The number of hydrogen-bond acceptors (Lipinski definition) is 3. The fourth-order valence-corrected chi connectivity index (χ4v) is 7.52. The lowest BCUT2D eigenvalue weighted by Crippen LogP contribution is -2.13. The van der Waals surface area contributed by atoms with Crippen LogP contribution in [0.15, 0.2) is 126 Å². The molecule has 38 heavy (non-hydrogen) atoms. The molecule has 0 fully saturated rings. The third kappa shape index (κ3) is 7.53. The summed E-state index contributed by atoms with van der Waals surface area (Å²) in [6.07, 6.45) is 0. The van der Waals surface area contributed by atoms with Gasteiger partial charge in [0.1, 0.15) is 0 Å². The van der Waals surface area contributed by atoms with Crippen LogP contribution in [-0.2, 0) is 14.6 Å². The molecule has 194 valence electrons. The van der Waals surface area contributed by atoms with Gasteiger partial charge in [-0.05, 0) is 53.6 Å². The first-order chi connectivity index (χ1) is 18.1. The molecule has 0 unspecified atom stereocenters. The summed E-state index contributed by atoms with van der Waals surface area (Å²) in [5.41, 5.74) is 2.00. The summed E-state index contributed by atoms with van der Waals surface area (Å²) in [5, 5.41) is 3.96. The Hall–Kier alpha value is -2.99. The van der Waals surface area contributed by atoms with Crippen LogP contribution in [0.5, 0.6) is 0 Å². The molecule has 5 nitrogen and oxygen atoms in total. The van der Waals surface area contributed by atoms with Gasteiger partial charge in [-0.2, -0.15) is 0 Å². The Kier molecular flexibility index (Phi) is 9.03. The van der Waals surface area contributed by atoms with Crippen LogP contribution in [0.4, 0.5) is 11.4 Å². The third-order valence-electron chi connectivity index (χ3n) is 5.25. The van der Waals surface area contributed by atoms with E-state index in [0.29, 0.717) is 27.5 Å². The van der Waals surface area contributed by atoms with Crippen molar-refractivity contribution in [3.63, 3.8) is 0 Å². The number of halogens is 3. The van der Waals surface area contributed by atoms with Crippen LogP contribution in [-0.4, -0.2) is 8.42 Å². The van der Waals surface area contributed by atoms with Crippen molar-refractivity contribution < 1.29 is 13.0 Å². The lowest BCUT2D eigenvalue weighted by atomic mass is 10.2. The highest BCUT2D eigenvalue weighted by Crippen LogP contribution is 2.53. The molecule has 4 aromatic carbocycles. The van der Waals surface area contributed by atoms with Gasteiger partial charge in [0.15, 0.2) is 0 Å². The van der Waals surface area contributed by atoms with Gasteiger partial charge in [-0.15, -0.1) is 0 Å². The minimum Gasteiger partial charge on any atom is -0.330 e. The van der Waals surface area contributed by atoms with Crippen LogP contribution in [0.1, 0.15) is 11.1 Å². The third-order valence-corrected chi connectivity index (χ3v) is 9.74. The molecule has 0 aromatic heterocycles. The largest absolute Gasteiger partial charge is 0.330 e. The molecule has 4 aromatic rings. The molecule has 0 saturated heterocycles. The van der Waals surface area contributed by atoms with Crippen LogP contribution in [0.25, 0.3) is 10.1 Å². The van der Waals surface area contributed by atoms with Gasteiger partial charge >= 0.3 is 0 Å². The number of nitrogens with one attached hydrogen (secondary N) is 2. The maximum absolute atomic E-state index is 14.2. The van der Waals surface area contributed by atoms with E-state index >= 15 is 0 Å². The second-order valence-corrected chi connectivity index (χ2v) is 13.2. The van der Waals surface area contributed by atoms with Crippen molar-refractivity contribution in [3.8, 4) is 0 Å². The predicted octanol–water partition coefficient (Wildman–Crippen LogP) is 9.31. The zero-order valence-electron chi connectivity index (χ0n) is 19.8. The van der Waals surface area contributed by atoms with E-state index in [1.54, 1.807) is 60.7 Å². The number of anilines is 2. The summed E-state index contributed by atoms with van der Waals surface area (Å²) in [7, 11) is -7.54. The molecular formula is C28H22Cl3N2O3PS. The average molecular weight is 604 g/mol. The molecule has 0 bridgehead atoms. The first-order valence-electron chi connectivity index (χ1n) is 11.3. The Bertz CT molecular complexity index is 1570. The van der Waals surface area contributed by atoms with Gasteiger partial charge in [-0.1, -0.05) is 102 Å². The maximum atomic E-state index is 14.2. The lowest BCUT2D eigenvalue weighted by Gasteiger charge is -2.17. The van der Waals surface area contributed by atoms with Gasteiger partial charge in [0.2, 0.25) is 7.29 Å². The maximum Gasteiger partial charge on any atom is 0.261 e. The summed E-state index contributed by atoms with van der Waals surface area (Å²) < 4.78 is 42.8. The first kappa shape index (κ1) is 28.0. The molecular weight excluding hydrogens is 582 g/mol. The molecule has 10 heteroatoms. The van der Waals surface area contributed by atoms with E-state index in [0.717, 1.165) is 0 Å². The Labute approximate surface area is 237 Å². The number of sulfonamides is 1. The van der Waals surface area contributed by atoms with Crippen molar-refractivity contribution in [2.75, 3.05) is 9.81 Å². The second-order valence-electron chi connectivity index (χ2n) is 8.15. The molecule has 2 N–H and O–H groups in total. The molecule has 0 aliphatic rings. The van der Waals surface area contributed by atoms with Crippen molar-refractivity contribution in [2.45, 2.75) is 4.90 Å². The second kappa shape index (κ2) is 12.2. The standard InChI is InChI=1S/C28H22Cl3N2O3PS/c29-23-14-16-24(17-15-23)33-38(35,36)26-13-7-12-25(18-26)32-37(34,19-27(30)21-8-3-1-4-9-21)20-28(31)22-10-5-2-6-11-22/h1-20,33H,(H,32,34)/b27-19-,28-20-. The zero-order chi connectivity index (χ0) is 27.2. The van der Waals surface area contributed by atoms with Crippen LogP contribution >= 0.6 is 42.1 Å². The highest BCUT2D eigenvalue weighted by atomic mass is 35.5. The number of hydrogen-bond donors (Lipinski definition) is 2. The van der Waals surface area contributed by atoms with Gasteiger partial charge < -0.3 is 5.09 Å². The van der Waals surface area contributed by atoms with Gasteiger partial charge in [-0.25, -0.2) is 8.42 Å². The molecule has 0 radical (unpaired) electrons. The molecule has 0 atom stereocenters. The van der Waals surface area contributed by atoms with E-state index < -0.39 is 17.3 Å². The summed E-state index contributed by atoms with van der Waals surface area (Å²) >= 11 is 19.0. The normalized spacial score (nSPS) is 12.7. The van der Waals surface area contributed by atoms with Crippen LogP contribution in [0.2, 0.25) is 5.02 Å². The number of benzene rings is 4. The quantitative estimate of drug-likeness (QED) is 0.187. The molecule has 0 amide bonds. The van der Waals surface area contributed by atoms with Gasteiger partial charge in [-0.3, -0.25) is 9.29 Å². The first-order valence-corrected chi connectivity index (χ1v) is 15.7. The van der Waals surface area contributed by atoms with E-state index in [4.69, 9.17) is 34.8 Å². The Morgan fingerprint density at radius 3 is 1.74 bits per heavy atom.